The summed E-state index contributed by atoms with van der Waals surface area (Å²) in [6.45, 7) is 1.65. The Hall–Kier alpha value is -2.89. The summed E-state index contributed by atoms with van der Waals surface area (Å²) in [6.07, 6.45) is 1.30. The van der Waals surface area contributed by atoms with Gasteiger partial charge in [-0.15, -0.1) is 0 Å². The molecule has 1 aromatic carbocycles. The predicted octanol–water partition coefficient (Wildman–Crippen LogP) is 1.98. The summed E-state index contributed by atoms with van der Waals surface area (Å²) in [7, 11) is 0. The number of pyridine rings is 1. The third-order valence-electron chi connectivity index (χ3n) is 2.75. The molecule has 0 saturated carbocycles. The Kier molecular flexibility index (Phi) is 3.65. The second kappa shape index (κ2) is 5.40. The van der Waals surface area contributed by atoms with Crippen molar-refractivity contribution in [2.24, 2.45) is 5.73 Å². The van der Waals surface area contributed by atoms with Crippen LogP contribution in [0.25, 0.3) is 0 Å². The van der Waals surface area contributed by atoms with Crippen LogP contribution in [0, 0.1) is 6.92 Å². The minimum Gasteiger partial charge on any atom is -0.478 e. The van der Waals surface area contributed by atoms with Crippen LogP contribution in [0.1, 0.15) is 26.3 Å². The van der Waals surface area contributed by atoms with Crippen LogP contribution in [-0.2, 0) is 0 Å². The first-order valence-electron chi connectivity index (χ1n) is 5.75. The lowest BCUT2D eigenvalue weighted by Crippen LogP contribution is -2.11. The maximum absolute atomic E-state index is 11.0. The molecule has 0 aliphatic carbocycles. The monoisotopic (exact) mass is 272 g/mol. The normalized spacial score (nSPS) is 10.1. The van der Waals surface area contributed by atoms with E-state index in [4.69, 9.17) is 15.6 Å². The number of ether oxygens (including phenoxy) is 1. The lowest BCUT2D eigenvalue weighted by atomic mass is 10.1. The van der Waals surface area contributed by atoms with E-state index in [1.165, 1.54) is 24.4 Å². The van der Waals surface area contributed by atoms with Crippen molar-refractivity contribution in [3.63, 3.8) is 0 Å². The van der Waals surface area contributed by atoms with E-state index in [1.807, 2.05) is 0 Å². The number of hydrogen-bond acceptors (Lipinski definition) is 4. The molecule has 0 fully saturated rings. The van der Waals surface area contributed by atoms with Crippen molar-refractivity contribution < 1.29 is 19.4 Å². The van der Waals surface area contributed by atoms with Gasteiger partial charge in [0.1, 0.15) is 5.75 Å². The van der Waals surface area contributed by atoms with Crippen LogP contribution < -0.4 is 10.5 Å². The highest BCUT2D eigenvalue weighted by Crippen LogP contribution is 2.26. The number of hydrogen-bond donors (Lipinski definition) is 2. The van der Waals surface area contributed by atoms with E-state index in [0.29, 0.717) is 11.3 Å². The van der Waals surface area contributed by atoms with E-state index >= 15 is 0 Å². The minimum absolute atomic E-state index is 0.163. The van der Waals surface area contributed by atoms with Crippen LogP contribution in [0.4, 0.5) is 0 Å². The summed E-state index contributed by atoms with van der Waals surface area (Å²) in [5.41, 5.74) is 6.04. The maximum Gasteiger partial charge on any atom is 0.336 e. The molecule has 0 radical (unpaired) electrons. The number of benzene rings is 1. The first kappa shape index (κ1) is 13.5. The zero-order valence-electron chi connectivity index (χ0n) is 10.7. The van der Waals surface area contributed by atoms with E-state index in [1.54, 1.807) is 19.1 Å². The van der Waals surface area contributed by atoms with E-state index in [0.717, 1.165) is 0 Å². The first-order chi connectivity index (χ1) is 9.49. The number of amides is 1. The molecule has 0 aliphatic rings. The van der Waals surface area contributed by atoms with Gasteiger partial charge in [-0.3, -0.25) is 4.79 Å². The van der Waals surface area contributed by atoms with Crippen LogP contribution >= 0.6 is 0 Å². The molecule has 1 amide bonds. The minimum atomic E-state index is -1.02. The number of nitrogens with two attached hydrogens (primary N) is 1. The van der Waals surface area contributed by atoms with E-state index < -0.39 is 11.9 Å². The molecule has 2 rings (SSSR count). The topological polar surface area (TPSA) is 103 Å². The number of rotatable bonds is 4. The number of carboxylic acids is 1. The summed E-state index contributed by atoms with van der Waals surface area (Å²) in [4.78, 5) is 25.9. The largest absolute Gasteiger partial charge is 0.478 e. The number of carbonyl (C=O) groups is 2. The molecule has 0 spiro atoms. The van der Waals surface area contributed by atoms with Gasteiger partial charge in [-0.2, -0.15) is 0 Å². The van der Waals surface area contributed by atoms with Gasteiger partial charge in [-0.25, -0.2) is 9.78 Å². The van der Waals surface area contributed by atoms with Gasteiger partial charge in [0.15, 0.2) is 0 Å². The van der Waals surface area contributed by atoms with E-state index in [-0.39, 0.29) is 17.0 Å². The molecular formula is C14H12N2O4. The molecule has 3 N–H and O–H groups in total. The number of aromatic carboxylic acids is 1. The Morgan fingerprint density at radius 2 is 2.00 bits per heavy atom. The summed E-state index contributed by atoms with van der Waals surface area (Å²) < 4.78 is 5.51. The van der Waals surface area contributed by atoms with Gasteiger partial charge in [0.05, 0.1) is 11.1 Å². The van der Waals surface area contributed by atoms with Gasteiger partial charge in [0.25, 0.3) is 0 Å². The molecule has 6 nitrogen and oxygen atoms in total. The molecule has 0 unspecified atom stereocenters. The van der Waals surface area contributed by atoms with Crippen LogP contribution in [0.5, 0.6) is 11.6 Å². The van der Waals surface area contributed by atoms with Crippen molar-refractivity contribution in [3.05, 3.63) is 53.2 Å². The summed E-state index contributed by atoms with van der Waals surface area (Å²) in [6, 6.07) is 7.71. The second-order valence-electron chi connectivity index (χ2n) is 4.09. The fraction of sp³-hybridized carbons (Fsp3) is 0.0714. The van der Waals surface area contributed by atoms with Crippen LogP contribution in [0.2, 0.25) is 0 Å². The Morgan fingerprint density at radius 1 is 1.25 bits per heavy atom. The molecule has 0 bridgehead atoms. The van der Waals surface area contributed by atoms with Crippen molar-refractivity contribution >= 4 is 11.9 Å². The molecule has 20 heavy (non-hydrogen) atoms. The van der Waals surface area contributed by atoms with Gasteiger partial charge in [-0.1, -0.05) is 6.07 Å². The predicted molar refractivity (Wildman–Crippen MR) is 71.0 cm³/mol. The van der Waals surface area contributed by atoms with Crippen molar-refractivity contribution in [1.82, 2.24) is 4.98 Å². The molecule has 102 valence electrons. The van der Waals surface area contributed by atoms with Gasteiger partial charge < -0.3 is 15.6 Å². The van der Waals surface area contributed by atoms with Gasteiger partial charge in [-0.05, 0) is 25.1 Å². The summed E-state index contributed by atoms with van der Waals surface area (Å²) in [5, 5.41) is 9.03. The van der Waals surface area contributed by atoms with Gasteiger partial charge in [0, 0.05) is 17.8 Å². The Labute approximate surface area is 114 Å². The quantitative estimate of drug-likeness (QED) is 0.885. The third kappa shape index (κ3) is 2.74. The molecule has 2 aromatic rings. The first-order valence-corrected chi connectivity index (χ1v) is 5.75. The molecule has 0 aliphatic heterocycles. The van der Waals surface area contributed by atoms with Crippen LogP contribution in [-0.4, -0.2) is 22.0 Å². The van der Waals surface area contributed by atoms with Crippen molar-refractivity contribution in [1.29, 1.82) is 0 Å². The fourth-order valence-electron chi connectivity index (χ4n) is 1.66. The molecule has 1 aromatic heterocycles. The van der Waals surface area contributed by atoms with E-state index in [9.17, 15) is 9.59 Å². The SMILES string of the molecule is Cc1c(Oc2ccc(C(N)=O)cn2)cccc1C(=O)O. The molecule has 6 heteroatoms. The summed E-state index contributed by atoms with van der Waals surface area (Å²) in [5.74, 6) is -0.956. The standard InChI is InChI=1S/C14H12N2O4/c1-8-10(14(18)19)3-2-4-11(8)20-12-6-5-9(7-16-12)13(15)17/h2-7H,1H3,(H2,15,17)(H,18,19). The van der Waals surface area contributed by atoms with Crippen LogP contribution in [0.3, 0.4) is 0 Å². The van der Waals surface area contributed by atoms with Crippen molar-refractivity contribution in [3.8, 4) is 11.6 Å². The smallest absolute Gasteiger partial charge is 0.336 e. The number of carboxylic acid groups (broad SMARTS) is 1. The number of aromatic nitrogens is 1. The maximum atomic E-state index is 11.0. The molecule has 0 atom stereocenters. The zero-order valence-corrected chi connectivity index (χ0v) is 10.7. The Balaban J connectivity index is 2.28. The number of primary amides is 1. The lowest BCUT2D eigenvalue weighted by Gasteiger charge is -2.09. The number of nitrogens with zero attached hydrogens (tertiary/aromatic N) is 1. The zero-order chi connectivity index (χ0) is 14.7. The highest BCUT2D eigenvalue weighted by Gasteiger charge is 2.12. The molecule has 1 heterocycles. The average molecular weight is 272 g/mol. The lowest BCUT2D eigenvalue weighted by molar-refractivity contribution is 0.0695. The van der Waals surface area contributed by atoms with E-state index in [2.05, 4.69) is 4.98 Å². The van der Waals surface area contributed by atoms with Crippen molar-refractivity contribution in [2.45, 2.75) is 6.92 Å². The second-order valence-corrected chi connectivity index (χ2v) is 4.09. The van der Waals surface area contributed by atoms with Gasteiger partial charge >= 0.3 is 5.97 Å². The average Bonchev–Trinajstić information content (AvgIpc) is 2.41. The fourth-order valence-corrected chi connectivity index (χ4v) is 1.66. The van der Waals surface area contributed by atoms with Gasteiger partial charge in [0.2, 0.25) is 11.8 Å². The molecular weight excluding hydrogens is 260 g/mol. The third-order valence-corrected chi connectivity index (χ3v) is 2.75. The van der Waals surface area contributed by atoms with Crippen molar-refractivity contribution in [2.75, 3.05) is 0 Å². The Bertz CT molecular complexity index is 665. The highest BCUT2D eigenvalue weighted by atomic mass is 16.5. The number of carbonyl (C=O) groups excluding carboxylic acids is 1. The molecule has 0 saturated heterocycles. The van der Waals surface area contributed by atoms with Crippen LogP contribution in [0.15, 0.2) is 36.5 Å². The summed E-state index contributed by atoms with van der Waals surface area (Å²) >= 11 is 0. The Morgan fingerprint density at radius 3 is 2.55 bits per heavy atom. The highest BCUT2D eigenvalue weighted by molar-refractivity contribution is 5.92.